The van der Waals surface area contributed by atoms with Crippen molar-refractivity contribution in [1.29, 1.82) is 0 Å². The number of halogens is 1. The van der Waals surface area contributed by atoms with Gasteiger partial charge in [0.05, 0.1) is 0 Å². The molecule has 2 rings (SSSR count). The van der Waals surface area contributed by atoms with Gasteiger partial charge < -0.3 is 10.0 Å². The van der Waals surface area contributed by atoms with Gasteiger partial charge in [-0.25, -0.2) is 0 Å². The minimum Gasteiger partial charge on any atom is -0.396 e. The van der Waals surface area contributed by atoms with Crippen LogP contribution in [0.5, 0.6) is 0 Å². The quantitative estimate of drug-likeness (QED) is 0.901. The fraction of sp³-hybridized carbons (Fsp3) is 0.533. The number of rotatable bonds is 5. The summed E-state index contributed by atoms with van der Waals surface area (Å²) in [6.45, 7) is 1.83. The highest BCUT2D eigenvalue weighted by molar-refractivity contribution is 6.31. The number of hydrogen-bond donors (Lipinski definition) is 1. The van der Waals surface area contributed by atoms with Gasteiger partial charge in [-0.3, -0.25) is 4.79 Å². The van der Waals surface area contributed by atoms with Gasteiger partial charge in [-0.05, 0) is 36.8 Å². The zero-order valence-corrected chi connectivity index (χ0v) is 11.8. The molecule has 1 fully saturated rings. The number of benzene rings is 1. The van der Waals surface area contributed by atoms with Crippen LogP contribution in [-0.2, 0) is 11.2 Å². The number of nitrogens with zero attached hydrogens (tertiary/aromatic N) is 1. The molecule has 3 nitrogen and oxygen atoms in total. The van der Waals surface area contributed by atoms with Crippen molar-refractivity contribution in [3.8, 4) is 0 Å². The van der Waals surface area contributed by atoms with E-state index in [-0.39, 0.29) is 12.5 Å². The third-order valence-corrected chi connectivity index (χ3v) is 4.11. The zero-order chi connectivity index (χ0) is 13.7. The van der Waals surface area contributed by atoms with Gasteiger partial charge >= 0.3 is 0 Å². The molecule has 1 N–H and O–H groups in total. The lowest BCUT2D eigenvalue weighted by molar-refractivity contribution is -0.130. The second kappa shape index (κ2) is 6.92. The second-order valence-electron chi connectivity index (χ2n) is 5.10. The molecule has 1 aliphatic rings. The second-order valence-corrected chi connectivity index (χ2v) is 5.51. The van der Waals surface area contributed by atoms with Crippen molar-refractivity contribution >= 4 is 17.5 Å². The molecule has 1 unspecified atom stereocenters. The molecule has 0 aromatic heterocycles. The molecular weight excluding hydrogens is 262 g/mol. The molecule has 0 radical (unpaired) electrons. The smallest absolute Gasteiger partial charge is 0.222 e. The lowest BCUT2D eigenvalue weighted by atomic mass is 10.1. The Bertz CT molecular complexity index is 436. The van der Waals surface area contributed by atoms with E-state index in [2.05, 4.69) is 0 Å². The van der Waals surface area contributed by atoms with Gasteiger partial charge in [-0.2, -0.15) is 0 Å². The lowest BCUT2D eigenvalue weighted by Gasteiger charge is -2.16. The lowest BCUT2D eigenvalue weighted by Crippen LogP contribution is -2.29. The van der Waals surface area contributed by atoms with E-state index in [1.807, 2.05) is 29.2 Å². The van der Waals surface area contributed by atoms with Gasteiger partial charge in [0.2, 0.25) is 5.91 Å². The Morgan fingerprint density at radius 1 is 1.42 bits per heavy atom. The molecule has 104 valence electrons. The first-order valence-corrected chi connectivity index (χ1v) is 7.20. The van der Waals surface area contributed by atoms with Gasteiger partial charge in [-0.1, -0.05) is 29.8 Å². The van der Waals surface area contributed by atoms with E-state index in [0.29, 0.717) is 18.8 Å². The number of aryl methyl sites for hydroxylation is 1. The summed E-state index contributed by atoms with van der Waals surface area (Å²) in [5, 5.41) is 9.65. The summed E-state index contributed by atoms with van der Waals surface area (Å²) in [7, 11) is 0. The molecule has 0 bridgehead atoms. The Morgan fingerprint density at radius 3 is 2.95 bits per heavy atom. The Kier molecular flexibility index (Phi) is 5.23. The Hall–Kier alpha value is -1.06. The summed E-state index contributed by atoms with van der Waals surface area (Å²) in [6, 6.07) is 7.66. The van der Waals surface area contributed by atoms with Gasteiger partial charge in [0.1, 0.15) is 0 Å². The molecule has 4 heteroatoms. The average molecular weight is 282 g/mol. The molecule has 1 heterocycles. The molecule has 1 atom stereocenters. The first-order valence-electron chi connectivity index (χ1n) is 6.82. The average Bonchev–Trinajstić information content (AvgIpc) is 2.87. The van der Waals surface area contributed by atoms with E-state index < -0.39 is 0 Å². The summed E-state index contributed by atoms with van der Waals surface area (Å²) < 4.78 is 0. The van der Waals surface area contributed by atoms with Crippen molar-refractivity contribution in [2.75, 3.05) is 19.7 Å². The van der Waals surface area contributed by atoms with E-state index in [4.69, 9.17) is 16.7 Å². The Balaban J connectivity index is 1.81. The Labute approximate surface area is 119 Å². The number of carbonyl (C=O) groups is 1. The van der Waals surface area contributed by atoms with Crippen LogP contribution in [-0.4, -0.2) is 35.6 Å². The van der Waals surface area contributed by atoms with Crippen LogP contribution in [0.25, 0.3) is 0 Å². The van der Waals surface area contributed by atoms with Gasteiger partial charge in [-0.15, -0.1) is 0 Å². The molecule has 0 saturated carbocycles. The molecule has 1 aromatic carbocycles. The largest absolute Gasteiger partial charge is 0.396 e. The van der Waals surface area contributed by atoms with Gasteiger partial charge in [0.15, 0.2) is 0 Å². The van der Waals surface area contributed by atoms with Gasteiger partial charge in [0.25, 0.3) is 0 Å². The summed E-state index contributed by atoms with van der Waals surface area (Å²) in [6.07, 6.45) is 3.02. The Morgan fingerprint density at radius 2 is 2.21 bits per heavy atom. The molecule has 0 aliphatic carbocycles. The number of amides is 1. The van der Waals surface area contributed by atoms with Crippen LogP contribution in [0.2, 0.25) is 5.02 Å². The third-order valence-electron chi connectivity index (χ3n) is 3.74. The highest BCUT2D eigenvalue weighted by atomic mass is 35.5. The molecule has 19 heavy (non-hydrogen) atoms. The summed E-state index contributed by atoms with van der Waals surface area (Å²) in [4.78, 5) is 14.0. The van der Waals surface area contributed by atoms with E-state index in [1.165, 1.54) is 0 Å². The normalized spacial score (nSPS) is 18.8. The topological polar surface area (TPSA) is 40.5 Å². The molecule has 1 saturated heterocycles. The van der Waals surface area contributed by atoms with Crippen LogP contribution in [0.15, 0.2) is 24.3 Å². The first kappa shape index (κ1) is 14.4. The minimum atomic E-state index is 0.195. The van der Waals surface area contributed by atoms with Crippen molar-refractivity contribution in [1.82, 2.24) is 4.90 Å². The third kappa shape index (κ3) is 3.95. The number of likely N-dealkylation sites (tertiary alicyclic amines) is 1. The van der Waals surface area contributed by atoms with Crippen molar-refractivity contribution < 1.29 is 9.90 Å². The monoisotopic (exact) mass is 281 g/mol. The van der Waals surface area contributed by atoms with Crippen LogP contribution in [0, 0.1) is 5.92 Å². The summed E-state index contributed by atoms with van der Waals surface area (Å²) in [5.41, 5.74) is 1.03. The molecular formula is C15H20ClNO2. The van der Waals surface area contributed by atoms with Crippen LogP contribution in [0.1, 0.15) is 24.8 Å². The maximum atomic E-state index is 12.1. The highest BCUT2D eigenvalue weighted by Gasteiger charge is 2.25. The summed E-state index contributed by atoms with van der Waals surface area (Å²) in [5.74, 6) is 0.662. The van der Waals surface area contributed by atoms with E-state index in [1.54, 1.807) is 0 Å². The fourth-order valence-electron chi connectivity index (χ4n) is 2.58. The van der Waals surface area contributed by atoms with Crippen LogP contribution in [0.4, 0.5) is 0 Å². The zero-order valence-electron chi connectivity index (χ0n) is 11.0. The first-order chi connectivity index (χ1) is 9.20. The van der Waals surface area contributed by atoms with E-state index in [0.717, 1.165) is 36.5 Å². The van der Waals surface area contributed by atoms with E-state index in [9.17, 15) is 4.79 Å². The van der Waals surface area contributed by atoms with Crippen LogP contribution in [0.3, 0.4) is 0 Å². The van der Waals surface area contributed by atoms with Crippen molar-refractivity contribution in [2.24, 2.45) is 5.92 Å². The number of aliphatic hydroxyl groups excluding tert-OH is 1. The number of hydrogen-bond acceptors (Lipinski definition) is 2. The maximum absolute atomic E-state index is 12.1. The SMILES string of the molecule is O=C(CCc1ccccc1Cl)N1CCC(CCO)C1. The van der Waals surface area contributed by atoms with Crippen LogP contribution < -0.4 is 0 Å². The molecule has 1 amide bonds. The maximum Gasteiger partial charge on any atom is 0.222 e. The predicted molar refractivity (Wildman–Crippen MR) is 76.2 cm³/mol. The number of aliphatic hydroxyl groups is 1. The molecule has 1 aliphatic heterocycles. The predicted octanol–water partition coefficient (Wildman–Crippen LogP) is 2.50. The molecule has 0 spiro atoms. The van der Waals surface area contributed by atoms with Crippen molar-refractivity contribution in [3.05, 3.63) is 34.9 Å². The summed E-state index contributed by atoms with van der Waals surface area (Å²) >= 11 is 6.08. The number of carbonyl (C=O) groups excluding carboxylic acids is 1. The van der Waals surface area contributed by atoms with Crippen molar-refractivity contribution in [2.45, 2.75) is 25.7 Å². The highest BCUT2D eigenvalue weighted by Crippen LogP contribution is 2.21. The van der Waals surface area contributed by atoms with Crippen molar-refractivity contribution in [3.63, 3.8) is 0 Å². The fourth-order valence-corrected chi connectivity index (χ4v) is 2.81. The minimum absolute atomic E-state index is 0.195. The standard InChI is InChI=1S/C15H20ClNO2/c16-14-4-2-1-3-13(14)5-6-15(19)17-9-7-12(11-17)8-10-18/h1-4,12,18H,5-11H2. The molecule has 1 aromatic rings. The van der Waals surface area contributed by atoms with Gasteiger partial charge in [0, 0.05) is 31.1 Å². The van der Waals surface area contributed by atoms with E-state index >= 15 is 0 Å². The van der Waals surface area contributed by atoms with Crippen LogP contribution >= 0.6 is 11.6 Å².